The highest BCUT2D eigenvalue weighted by Crippen LogP contribution is 2.25. The van der Waals surface area contributed by atoms with Gasteiger partial charge in [-0.2, -0.15) is 0 Å². The van der Waals surface area contributed by atoms with Crippen LogP contribution in [0.15, 0.2) is 24.7 Å². The number of nitrogens with one attached hydrogen (secondary N) is 1. The molecule has 0 spiro atoms. The van der Waals surface area contributed by atoms with E-state index >= 15 is 0 Å². The van der Waals surface area contributed by atoms with E-state index < -0.39 is 0 Å². The fourth-order valence-electron chi connectivity index (χ4n) is 4.23. The van der Waals surface area contributed by atoms with Crippen LogP contribution in [-0.4, -0.2) is 40.5 Å². The van der Waals surface area contributed by atoms with E-state index in [1.165, 1.54) is 32.1 Å². The van der Waals surface area contributed by atoms with Crippen LogP contribution in [0.3, 0.4) is 0 Å². The normalized spacial score (nSPS) is 21.7. The van der Waals surface area contributed by atoms with Crippen molar-refractivity contribution in [3.05, 3.63) is 24.7 Å². The summed E-state index contributed by atoms with van der Waals surface area (Å²) in [5.74, 6) is 0.953. The molecule has 0 bridgehead atoms. The van der Waals surface area contributed by atoms with Crippen LogP contribution < -0.4 is 10.2 Å². The van der Waals surface area contributed by atoms with Crippen molar-refractivity contribution in [2.75, 3.05) is 24.5 Å². The largest absolute Gasteiger partial charge is 0.369 e. The zero-order chi connectivity index (χ0) is 17.8. The Hall–Kier alpha value is -2.24. The van der Waals surface area contributed by atoms with E-state index in [0.717, 1.165) is 43.7 Å². The summed E-state index contributed by atoms with van der Waals surface area (Å²) >= 11 is 0. The highest BCUT2D eigenvalue weighted by atomic mass is 16.1. The molecule has 1 aliphatic carbocycles. The topological polar surface area (TPSA) is 71.0 Å². The highest BCUT2D eigenvalue weighted by molar-refractivity contribution is 5.80. The molecular weight excluding hydrogens is 326 g/mol. The fourth-order valence-corrected chi connectivity index (χ4v) is 4.23. The van der Waals surface area contributed by atoms with Gasteiger partial charge in [-0.1, -0.05) is 19.3 Å². The molecule has 1 saturated carbocycles. The number of carbonyl (C=O) groups is 1. The fraction of sp³-hybridized carbons (Fsp3) is 0.600. The van der Waals surface area contributed by atoms with Gasteiger partial charge >= 0.3 is 0 Å². The van der Waals surface area contributed by atoms with Gasteiger partial charge in [-0.3, -0.25) is 9.78 Å². The summed E-state index contributed by atoms with van der Waals surface area (Å²) in [7, 11) is 0. The van der Waals surface area contributed by atoms with Crippen molar-refractivity contribution in [1.29, 1.82) is 0 Å². The minimum atomic E-state index is 0.0601. The molecule has 1 saturated heterocycles. The summed E-state index contributed by atoms with van der Waals surface area (Å²) in [6.45, 7) is 2.56. The number of amides is 1. The Kier molecular flexibility index (Phi) is 5.27. The Morgan fingerprint density at radius 1 is 1.08 bits per heavy atom. The van der Waals surface area contributed by atoms with Crippen LogP contribution in [0.4, 0.5) is 5.69 Å². The van der Waals surface area contributed by atoms with Gasteiger partial charge in [0.15, 0.2) is 5.65 Å². The first-order valence-electron chi connectivity index (χ1n) is 9.89. The SMILES string of the molecule is O=C(NCC1CCCCC1)[C@H]1CCCN(c2cnc3nccnc3c2)C1. The van der Waals surface area contributed by atoms with E-state index in [2.05, 4.69) is 25.2 Å². The molecule has 0 radical (unpaired) electrons. The second-order valence-corrected chi connectivity index (χ2v) is 7.63. The number of fused-ring (bicyclic) bond motifs is 1. The second-order valence-electron chi connectivity index (χ2n) is 7.63. The maximum Gasteiger partial charge on any atom is 0.224 e. The van der Waals surface area contributed by atoms with Crippen molar-refractivity contribution >= 4 is 22.8 Å². The zero-order valence-corrected chi connectivity index (χ0v) is 15.2. The molecule has 1 aliphatic heterocycles. The lowest BCUT2D eigenvalue weighted by atomic mass is 9.89. The number of piperidine rings is 1. The smallest absolute Gasteiger partial charge is 0.224 e. The molecule has 6 nitrogen and oxygen atoms in total. The first-order valence-corrected chi connectivity index (χ1v) is 9.89. The molecule has 0 unspecified atom stereocenters. The van der Waals surface area contributed by atoms with E-state index in [9.17, 15) is 4.79 Å². The summed E-state index contributed by atoms with van der Waals surface area (Å²) in [4.78, 5) is 27.9. The van der Waals surface area contributed by atoms with E-state index in [-0.39, 0.29) is 11.8 Å². The van der Waals surface area contributed by atoms with Crippen molar-refractivity contribution < 1.29 is 4.79 Å². The van der Waals surface area contributed by atoms with Gasteiger partial charge in [0.25, 0.3) is 0 Å². The van der Waals surface area contributed by atoms with Crippen LogP contribution in [0.1, 0.15) is 44.9 Å². The molecule has 4 rings (SSSR count). The van der Waals surface area contributed by atoms with Gasteiger partial charge < -0.3 is 10.2 Å². The van der Waals surface area contributed by atoms with Gasteiger partial charge in [-0.15, -0.1) is 0 Å². The minimum Gasteiger partial charge on any atom is -0.369 e. The van der Waals surface area contributed by atoms with Crippen LogP contribution in [0.25, 0.3) is 11.2 Å². The quantitative estimate of drug-likeness (QED) is 0.915. The monoisotopic (exact) mass is 353 g/mol. The third-order valence-electron chi connectivity index (χ3n) is 5.76. The molecule has 6 heteroatoms. The lowest BCUT2D eigenvalue weighted by molar-refractivity contribution is -0.125. The van der Waals surface area contributed by atoms with Gasteiger partial charge in [0.1, 0.15) is 5.52 Å². The van der Waals surface area contributed by atoms with Crippen molar-refractivity contribution in [2.24, 2.45) is 11.8 Å². The summed E-state index contributed by atoms with van der Waals surface area (Å²) in [6, 6.07) is 2.03. The molecule has 0 aromatic carbocycles. The average molecular weight is 353 g/mol. The number of nitrogens with zero attached hydrogens (tertiary/aromatic N) is 4. The van der Waals surface area contributed by atoms with Gasteiger partial charge in [0.05, 0.1) is 17.8 Å². The van der Waals surface area contributed by atoms with Crippen molar-refractivity contribution in [3.63, 3.8) is 0 Å². The lowest BCUT2D eigenvalue weighted by Crippen LogP contribution is -2.44. The van der Waals surface area contributed by atoms with Crippen molar-refractivity contribution in [2.45, 2.75) is 44.9 Å². The summed E-state index contributed by atoms with van der Waals surface area (Å²) in [6.07, 6.45) is 13.7. The van der Waals surface area contributed by atoms with E-state index in [0.29, 0.717) is 11.6 Å². The Morgan fingerprint density at radius 3 is 2.81 bits per heavy atom. The minimum absolute atomic E-state index is 0.0601. The van der Waals surface area contributed by atoms with Crippen LogP contribution in [0, 0.1) is 11.8 Å². The molecular formula is C20H27N5O. The molecule has 3 heterocycles. The molecule has 1 amide bonds. The van der Waals surface area contributed by atoms with Gasteiger partial charge in [0, 0.05) is 32.0 Å². The van der Waals surface area contributed by atoms with Crippen molar-refractivity contribution in [3.8, 4) is 0 Å². The summed E-state index contributed by atoms with van der Waals surface area (Å²) in [5, 5.41) is 3.22. The molecule has 1 atom stereocenters. The predicted octanol–water partition coefficient (Wildman–Crippen LogP) is 2.94. The maximum atomic E-state index is 12.7. The molecule has 2 fully saturated rings. The number of aromatic nitrogens is 3. The number of rotatable bonds is 4. The third-order valence-corrected chi connectivity index (χ3v) is 5.76. The summed E-state index contributed by atoms with van der Waals surface area (Å²) < 4.78 is 0. The summed E-state index contributed by atoms with van der Waals surface area (Å²) in [5.41, 5.74) is 2.49. The molecule has 2 aromatic rings. The molecule has 1 N–H and O–H groups in total. The van der Waals surface area contributed by atoms with Crippen molar-refractivity contribution in [1.82, 2.24) is 20.3 Å². The second kappa shape index (κ2) is 7.98. The number of hydrogen-bond acceptors (Lipinski definition) is 5. The third kappa shape index (κ3) is 3.94. The molecule has 2 aliphatic rings. The molecule has 138 valence electrons. The standard InChI is InChI=1S/C20H27N5O/c26-20(24-12-15-5-2-1-3-6-15)16-7-4-10-25(14-16)17-11-18-19(23-13-17)22-9-8-21-18/h8-9,11,13,15-16H,1-7,10,12,14H2,(H,24,26)/t16-/m0/s1. The van der Waals surface area contributed by atoms with Crippen LogP contribution >= 0.6 is 0 Å². The first-order chi connectivity index (χ1) is 12.8. The van der Waals surface area contributed by atoms with Gasteiger partial charge in [-0.05, 0) is 37.7 Å². The number of pyridine rings is 1. The number of carbonyl (C=O) groups excluding carboxylic acids is 1. The Labute approximate surface area is 154 Å². The Bertz CT molecular complexity index is 759. The van der Waals surface area contributed by atoms with E-state index in [1.807, 2.05) is 12.3 Å². The number of anilines is 1. The maximum absolute atomic E-state index is 12.7. The van der Waals surface area contributed by atoms with E-state index in [4.69, 9.17) is 0 Å². The molecule has 2 aromatic heterocycles. The van der Waals surface area contributed by atoms with E-state index in [1.54, 1.807) is 12.4 Å². The van der Waals surface area contributed by atoms with Gasteiger partial charge in [-0.25, -0.2) is 9.97 Å². The van der Waals surface area contributed by atoms with Crippen LogP contribution in [0.2, 0.25) is 0 Å². The predicted molar refractivity (Wildman–Crippen MR) is 102 cm³/mol. The number of hydrogen-bond donors (Lipinski definition) is 1. The van der Waals surface area contributed by atoms with Crippen LogP contribution in [0.5, 0.6) is 0 Å². The zero-order valence-electron chi connectivity index (χ0n) is 15.2. The van der Waals surface area contributed by atoms with Gasteiger partial charge in [0.2, 0.25) is 5.91 Å². The average Bonchev–Trinajstić information content (AvgIpc) is 2.72. The molecule has 26 heavy (non-hydrogen) atoms. The lowest BCUT2D eigenvalue weighted by Gasteiger charge is -2.34. The van der Waals surface area contributed by atoms with Crippen LogP contribution in [-0.2, 0) is 4.79 Å². The first kappa shape index (κ1) is 17.2. The highest BCUT2D eigenvalue weighted by Gasteiger charge is 2.27. The Balaban J connectivity index is 1.37. The Morgan fingerprint density at radius 2 is 1.92 bits per heavy atom.